The van der Waals surface area contributed by atoms with E-state index in [4.69, 9.17) is 0 Å². The van der Waals surface area contributed by atoms with Crippen molar-refractivity contribution in [1.29, 1.82) is 0 Å². The van der Waals surface area contributed by atoms with Crippen LogP contribution in [-0.4, -0.2) is 29.3 Å². The number of hydrogen-bond donors (Lipinski definition) is 1. The smallest absolute Gasteiger partial charge is 0.239 e. The van der Waals surface area contributed by atoms with E-state index < -0.39 is 5.41 Å². The van der Waals surface area contributed by atoms with Crippen LogP contribution < -0.4 is 5.32 Å². The monoisotopic (exact) mass is 344 g/mol. The van der Waals surface area contributed by atoms with E-state index in [1.54, 1.807) is 13.8 Å². The van der Waals surface area contributed by atoms with Gasteiger partial charge in [0.05, 0.1) is 0 Å². The van der Waals surface area contributed by atoms with Gasteiger partial charge < -0.3 is 10.2 Å². The van der Waals surface area contributed by atoms with E-state index in [9.17, 15) is 9.59 Å². The lowest BCUT2D eigenvalue weighted by Crippen LogP contribution is -2.52. The van der Waals surface area contributed by atoms with Gasteiger partial charge in [-0.15, -0.1) is 0 Å². The van der Waals surface area contributed by atoms with Gasteiger partial charge in [-0.25, -0.2) is 0 Å². The fourth-order valence-corrected chi connectivity index (χ4v) is 3.54. The molecule has 1 fully saturated rings. The van der Waals surface area contributed by atoms with Crippen LogP contribution in [0.25, 0.3) is 0 Å². The van der Waals surface area contributed by atoms with Crippen molar-refractivity contribution < 1.29 is 9.59 Å². The summed E-state index contributed by atoms with van der Waals surface area (Å²) < 4.78 is 0. The molecule has 1 aromatic rings. The van der Waals surface area contributed by atoms with Gasteiger partial charge in [0, 0.05) is 18.3 Å². The van der Waals surface area contributed by atoms with Crippen LogP contribution in [0.3, 0.4) is 0 Å². The Kier molecular flexibility index (Phi) is 6.26. The van der Waals surface area contributed by atoms with E-state index in [1.165, 1.54) is 0 Å². The Labute approximate surface area is 152 Å². The molecule has 1 atom stereocenters. The summed E-state index contributed by atoms with van der Waals surface area (Å²) in [4.78, 5) is 28.0. The average Bonchev–Trinajstić information content (AvgIpc) is 2.61. The van der Waals surface area contributed by atoms with Crippen LogP contribution in [0.5, 0.6) is 0 Å². The summed E-state index contributed by atoms with van der Waals surface area (Å²) >= 11 is 0. The number of hydrogen-bond acceptors (Lipinski definition) is 2. The van der Waals surface area contributed by atoms with Gasteiger partial charge in [0.25, 0.3) is 0 Å². The van der Waals surface area contributed by atoms with Crippen molar-refractivity contribution in [3.05, 3.63) is 29.8 Å². The number of carbonyl (C=O) groups is 2. The van der Waals surface area contributed by atoms with Crippen molar-refractivity contribution in [1.82, 2.24) is 4.90 Å². The summed E-state index contributed by atoms with van der Waals surface area (Å²) in [6.07, 6.45) is 4.17. The fraction of sp³-hybridized carbons (Fsp3) is 0.619. The summed E-state index contributed by atoms with van der Waals surface area (Å²) in [6.45, 7) is 10.6. The van der Waals surface area contributed by atoms with Gasteiger partial charge >= 0.3 is 0 Å². The van der Waals surface area contributed by atoms with E-state index >= 15 is 0 Å². The van der Waals surface area contributed by atoms with Crippen molar-refractivity contribution in [3.63, 3.8) is 0 Å². The van der Waals surface area contributed by atoms with Crippen molar-refractivity contribution in [3.8, 4) is 0 Å². The van der Waals surface area contributed by atoms with Crippen molar-refractivity contribution in [2.24, 2.45) is 5.41 Å². The molecule has 0 saturated carbocycles. The van der Waals surface area contributed by atoms with Crippen LogP contribution in [0.15, 0.2) is 24.3 Å². The van der Waals surface area contributed by atoms with Gasteiger partial charge in [0.1, 0.15) is 5.41 Å². The second-order valence-electron chi connectivity index (χ2n) is 7.88. The summed E-state index contributed by atoms with van der Waals surface area (Å²) in [7, 11) is 0. The maximum atomic E-state index is 13.1. The second kappa shape index (κ2) is 8.03. The molecule has 0 bridgehead atoms. The largest absolute Gasteiger partial charge is 0.339 e. The molecule has 2 rings (SSSR count). The molecule has 4 heteroatoms. The molecule has 0 spiro atoms. The number of nitrogens with zero attached hydrogens (tertiary/aromatic N) is 1. The minimum atomic E-state index is -1.07. The highest BCUT2D eigenvalue weighted by Gasteiger charge is 2.41. The van der Waals surface area contributed by atoms with Crippen LogP contribution in [0.2, 0.25) is 0 Å². The van der Waals surface area contributed by atoms with Crippen LogP contribution in [0.4, 0.5) is 5.69 Å². The first-order chi connectivity index (χ1) is 11.8. The van der Waals surface area contributed by atoms with E-state index in [-0.39, 0.29) is 17.9 Å². The predicted octanol–water partition coefficient (Wildman–Crippen LogP) is 4.57. The Morgan fingerprint density at radius 2 is 1.92 bits per heavy atom. The molecule has 25 heavy (non-hydrogen) atoms. The van der Waals surface area contributed by atoms with Crippen molar-refractivity contribution in [2.45, 2.75) is 72.3 Å². The first-order valence-corrected chi connectivity index (χ1v) is 9.50. The molecule has 1 aliphatic heterocycles. The minimum absolute atomic E-state index is 0.0569. The highest BCUT2D eigenvalue weighted by Crippen LogP contribution is 2.30. The minimum Gasteiger partial charge on any atom is -0.339 e. The average molecular weight is 344 g/mol. The molecular weight excluding hydrogens is 312 g/mol. The van der Waals surface area contributed by atoms with Gasteiger partial charge in [0.2, 0.25) is 11.8 Å². The molecule has 1 unspecified atom stereocenters. The third-order valence-corrected chi connectivity index (χ3v) is 5.29. The second-order valence-corrected chi connectivity index (χ2v) is 7.88. The topological polar surface area (TPSA) is 49.4 Å². The molecular formula is C21H32N2O2. The Hall–Kier alpha value is -1.84. The Balaban J connectivity index is 2.18. The SMILES string of the molecule is CCC1CCCCN1C(=O)C(C)(C)C(=O)Nc1ccccc1C(C)C. The lowest BCUT2D eigenvalue weighted by Gasteiger charge is -2.39. The van der Waals surface area contributed by atoms with Gasteiger partial charge in [-0.2, -0.15) is 0 Å². The lowest BCUT2D eigenvalue weighted by atomic mass is 9.87. The molecule has 1 heterocycles. The number of piperidine rings is 1. The summed E-state index contributed by atoms with van der Waals surface area (Å²) in [6, 6.07) is 8.07. The van der Waals surface area contributed by atoms with Crippen LogP contribution >= 0.6 is 0 Å². The number of likely N-dealkylation sites (tertiary alicyclic amines) is 1. The number of para-hydroxylation sites is 1. The number of anilines is 1. The Morgan fingerprint density at radius 3 is 2.56 bits per heavy atom. The number of carbonyl (C=O) groups excluding carboxylic acids is 2. The molecule has 1 N–H and O–H groups in total. The summed E-state index contributed by atoms with van der Waals surface area (Å²) in [5, 5.41) is 3.00. The maximum Gasteiger partial charge on any atom is 0.239 e. The zero-order valence-electron chi connectivity index (χ0n) is 16.3. The summed E-state index contributed by atoms with van der Waals surface area (Å²) in [5.41, 5.74) is 0.812. The highest BCUT2D eigenvalue weighted by atomic mass is 16.2. The first kappa shape index (κ1) is 19.5. The van der Waals surface area contributed by atoms with E-state index in [0.717, 1.165) is 43.5 Å². The molecule has 0 radical (unpaired) electrons. The van der Waals surface area contributed by atoms with Crippen LogP contribution in [0.1, 0.15) is 71.8 Å². The number of benzene rings is 1. The third-order valence-electron chi connectivity index (χ3n) is 5.29. The maximum absolute atomic E-state index is 13.1. The number of amides is 2. The molecule has 1 aliphatic rings. The molecule has 2 amide bonds. The van der Waals surface area contributed by atoms with Gasteiger partial charge in [-0.3, -0.25) is 9.59 Å². The fourth-order valence-electron chi connectivity index (χ4n) is 3.54. The molecule has 1 saturated heterocycles. The summed E-state index contributed by atoms with van der Waals surface area (Å²) in [5.74, 6) is 0.0199. The first-order valence-electron chi connectivity index (χ1n) is 9.50. The Morgan fingerprint density at radius 1 is 1.24 bits per heavy atom. The van der Waals surface area contributed by atoms with Gasteiger partial charge in [-0.1, -0.05) is 39.0 Å². The van der Waals surface area contributed by atoms with Crippen LogP contribution in [0, 0.1) is 5.41 Å². The molecule has 0 aliphatic carbocycles. The number of rotatable bonds is 5. The van der Waals surface area contributed by atoms with Gasteiger partial charge in [-0.05, 0) is 57.1 Å². The van der Waals surface area contributed by atoms with E-state index in [0.29, 0.717) is 5.92 Å². The van der Waals surface area contributed by atoms with Crippen LogP contribution in [-0.2, 0) is 9.59 Å². The number of nitrogens with one attached hydrogen (secondary N) is 1. The normalized spacial score (nSPS) is 18.3. The van der Waals surface area contributed by atoms with Gasteiger partial charge in [0.15, 0.2) is 0 Å². The third kappa shape index (κ3) is 4.23. The molecule has 1 aromatic carbocycles. The van der Waals surface area contributed by atoms with Crippen molar-refractivity contribution >= 4 is 17.5 Å². The lowest BCUT2D eigenvalue weighted by molar-refractivity contribution is -0.149. The zero-order valence-corrected chi connectivity index (χ0v) is 16.3. The van der Waals surface area contributed by atoms with Crippen molar-refractivity contribution in [2.75, 3.05) is 11.9 Å². The molecule has 4 nitrogen and oxygen atoms in total. The zero-order chi connectivity index (χ0) is 18.6. The van der Waals surface area contributed by atoms with E-state index in [2.05, 4.69) is 26.1 Å². The predicted molar refractivity (Wildman–Crippen MR) is 103 cm³/mol. The standard InChI is InChI=1S/C21H32N2O2/c1-6-16-11-9-10-14-23(16)20(25)21(4,5)19(24)22-18-13-8-7-12-17(18)15(2)3/h7-8,12-13,15-16H,6,9-11,14H2,1-5H3,(H,22,24). The Bertz CT molecular complexity index is 622. The molecule has 0 aromatic heterocycles. The molecule has 138 valence electrons. The quantitative estimate of drug-likeness (QED) is 0.796. The highest BCUT2D eigenvalue weighted by molar-refractivity contribution is 6.10. The van der Waals surface area contributed by atoms with E-state index in [1.807, 2.05) is 29.2 Å².